The molecular formula is C17H28N4O3S. The van der Waals surface area contributed by atoms with E-state index in [1.165, 1.54) is 12.8 Å². The Morgan fingerprint density at radius 3 is 2.00 bits per heavy atom. The number of carbonyl (C=O) groups is 3. The van der Waals surface area contributed by atoms with Crippen molar-refractivity contribution in [2.24, 2.45) is 0 Å². The molecule has 0 bridgehead atoms. The highest BCUT2D eigenvalue weighted by molar-refractivity contribution is 8.00. The second-order valence-corrected chi connectivity index (χ2v) is 7.98. The molecule has 7 nitrogen and oxygen atoms in total. The number of piperazine rings is 1. The lowest BCUT2D eigenvalue weighted by atomic mass is 10.2. The van der Waals surface area contributed by atoms with Crippen molar-refractivity contribution in [2.75, 3.05) is 64.0 Å². The van der Waals surface area contributed by atoms with Crippen LogP contribution in [0, 0.1) is 0 Å². The number of thioether (sulfide) groups is 1. The monoisotopic (exact) mass is 368 g/mol. The van der Waals surface area contributed by atoms with Crippen LogP contribution in [0.1, 0.15) is 25.7 Å². The molecule has 0 atom stereocenters. The zero-order chi connectivity index (χ0) is 17.6. The highest BCUT2D eigenvalue weighted by Crippen LogP contribution is 2.15. The second-order valence-electron chi connectivity index (χ2n) is 7.02. The highest BCUT2D eigenvalue weighted by Gasteiger charge is 2.28. The molecule has 0 saturated carbocycles. The van der Waals surface area contributed by atoms with Gasteiger partial charge in [0.15, 0.2) is 0 Å². The Kier molecular flexibility index (Phi) is 6.58. The van der Waals surface area contributed by atoms with E-state index in [0.29, 0.717) is 31.3 Å². The average molecular weight is 369 g/mol. The topological polar surface area (TPSA) is 64.2 Å². The summed E-state index contributed by atoms with van der Waals surface area (Å²) in [5.41, 5.74) is 0. The summed E-state index contributed by atoms with van der Waals surface area (Å²) in [6.45, 7) is 5.17. The van der Waals surface area contributed by atoms with Crippen LogP contribution >= 0.6 is 11.8 Å². The lowest BCUT2D eigenvalue weighted by molar-refractivity contribution is -0.139. The first-order valence-corrected chi connectivity index (χ1v) is 10.4. The summed E-state index contributed by atoms with van der Waals surface area (Å²) in [5, 5.41) is 0. The summed E-state index contributed by atoms with van der Waals surface area (Å²) in [4.78, 5) is 44.0. The van der Waals surface area contributed by atoms with Gasteiger partial charge in [0.1, 0.15) is 6.54 Å². The predicted octanol–water partition coefficient (Wildman–Crippen LogP) is 0.0661. The van der Waals surface area contributed by atoms with E-state index in [9.17, 15) is 14.4 Å². The molecule has 3 saturated heterocycles. The van der Waals surface area contributed by atoms with Crippen LogP contribution in [-0.4, -0.2) is 101 Å². The number of rotatable bonds is 4. The quantitative estimate of drug-likeness (QED) is 0.703. The van der Waals surface area contributed by atoms with Gasteiger partial charge < -0.3 is 14.7 Å². The van der Waals surface area contributed by atoms with E-state index in [1.807, 2.05) is 9.80 Å². The van der Waals surface area contributed by atoms with Crippen LogP contribution in [0.5, 0.6) is 0 Å². The van der Waals surface area contributed by atoms with Crippen LogP contribution in [-0.2, 0) is 14.4 Å². The fourth-order valence-corrected chi connectivity index (χ4v) is 4.47. The predicted molar refractivity (Wildman–Crippen MR) is 97.1 cm³/mol. The van der Waals surface area contributed by atoms with Crippen molar-refractivity contribution in [2.45, 2.75) is 25.7 Å². The zero-order valence-electron chi connectivity index (χ0n) is 14.8. The van der Waals surface area contributed by atoms with Gasteiger partial charge in [-0.15, -0.1) is 11.8 Å². The Morgan fingerprint density at radius 2 is 1.40 bits per heavy atom. The normalized spacial score (nSPS) is 23.0. The number of likely N-dealkylation sites (tertiary alicyclic amines) is 1. The van der Waals surface area contributed by atoms with Crippen molar-refractivity contribution >= 4 is 29.5 Å². The third-order valence-electron chi connectivity index (χ3n) is 5.19. The van der Waals surface area contributed by atoms with E-state index in [1.54, 1.807) is 16.7 Å². The fourth-order valence-electron chi connectivity index (χ4n) is 3.57. The maximum atomic E-state index is 12.5. The Balaban J connectivity index is 1.39. The van der Waals surface area contributed by atoms with Crippen LogP contribution in [0.25, 0.3) is 0 Å². The van der Waals surface area contributed by atoms with Gasteiger partial charge in [-0.05, 0) is 12.8 Å². The number of hydrogen-bond acceptors (Lipinski definition) is 5. The van der Waals surface area contributed by atoms with Gasteiger partial charge in [-0.2, -0.15) is 0 Å². The van der Waals surface area contributed by atoms with Gasteiger partial charge in [0.25, 0.3) is 0 Å². The van der Waals surface area contributed by atoms with Crippen molar-refractivity contribution < 1.29 is 14.4 Å². The van der Waals surface area contributed by atoms with Crippen molar-refractivity contribution in [1.82, 2.24) is 19.6 Å². The Labute approximate surface area is 153 Å². The van der Waals surface area contributed by atoms with E-state index < -0.39 is 0 Å². The maximum Gasteiger partial charge on any atom is 0.242 e. The molecule has 3 fully saturated rings. The van der Waals surface area contributed by atoms with Crippen molar-refractivity contribution in [3.8, 4) is 0 Å². The summed E-state index contributed by atoms with van der Waals surface area (Å²) in [7, 11) is 0. The molecular weight excluding hydrogens is 340 g/mol. The molecule has 0 spiro atoms. The first-order chi connectivity index (χ1) is 12.1. The summed E-state index contributed by atoms with van der Waals surface area (Å²) in [5.74, 6) is 1.41. The molecule has 0 N–H and O–H groups in total. The van der Waals surface area contributed by atoms with Crippen LogP contribution < -0.4 is 0 Å². The molecule has 0 aliphatic carbocycles. The molecule has 0 aromatic rings. The largest absolute Gasteiger partial charge is 0.342 e. The molecule has 0 radical (unpaired) electrons. The van der Waals surface area contributed by atoms with Gasteiger partial charge in [-0.3, -0.25) is 19.3 Å². The molecule has 8 heteroatoms. The molecule has 140 valence electrons. The number of hydrogen-bond donors (Lipinski definition) is 0. The van der Waals surface area contributed by atoms with Crippen LogP contribution in [0.3, 0.4) is 0 Å². The maximum absolute atomic E-state index is 12.5. The van der Waals surface area contributed by atoms with Gasteiger partial charge in [-0.1, -0.05) is 12.8 Å². The van der Waals surface area contributed by atoms with E-state index in [2.05, 4.69) is 4.90 Å². The van der Waals surface area contributed by atoms with Crippen LogP contribution in [0.4, 0.5) is 0 Å². The van der Waals surface area contributed by atoms with E-state index in [0.717, 1.165) is 39.0 Å². The molecule has 3 aliphatic rings. The average Bonchev–Trinajstić information content (AvgIpc) is 2.86. The first-order valence-electron chi connectivity index (χ1n) is 9.27. The molecule has 3 amide bonds. The number of nitrogens with zero attached hydrogens (tertiary/aromatic N) is 4. The Bertz CT molecular complexity index is 500. The van der Waals surface area contributed by atoms with Gasteiger partial charge in [0, 0.05) is 39.3 Å². The van der Waals surface area contributed by atoms with Crippen molar-refractivity contribution in [3.63, 3.8) is 0 Å². The van der Waals surface area contributed by atoms with Crippen LogP contribution in [0.15, 0.2) is 0 Å². The van der Waals surface area contributed by atoms with E-state index >= 15 is 0 Å². The molecule has 0 aromatic carbocycles. The number of amides is 3. The lowest BCUT2D eigenvalue weighted by Crippen LogP contribution is -2.53. The van der Waals surface area contributed by atoms with Gasteiger partial charge >= 0.3 is 0 Å². The number of carbonyl (C=O) groups excluding carboxylic acids is 3. The fraction of sp³-hybridized carbons (Fsp3) is 0.824. The molecule has 25 heavy (non-hydrogen) atoms. The third-order valence-corrected chi connectivity index (χ3v) is 6.14. The summed E-state index contributed by atoms with van der Waals surface area (Å²) < 4.78 is 0. The molecule has 0 aromatic heterocycles. The van der Waals surface area contributed by atoms with E-state index in [4.69, 9.17) is 0 Å². The SMILES string of the molecule is O=C(CN1CCN(C(=O)CN2CSCC2=O)CC1)N1CCCCCC1. The highest BCUT2D eigenvalue weighted by atomic mass is 32.2. The van der Waals surface area contributed by atoms with Crippen LogP contribution in [0.2, 0.25) is 0 Å². The summed E-state index contributed by atoms with van der Waals surface area (Å²) in [6, 6.07) is 0. The molecule has 3 rings (SSSR count). The zero-order valence-corrected chi connectivity index (χ0v) is 15.6. The van der Waals surface area contributed by atoms with E-state index in [-0.39, 0.29) is 24.3 Å². The smallest absolute Gasteiger partial charge is 0.242 e. The minimum atomic E-state index is 0.0225. The molecule has 3 aliphatic heterocycles. The van der Waals surface area contributed by atoms with Gasteiger partial charge in [0.2, 0.25) is 17.7 Å². The standard InChI is InChI=1S/C17H28N4O3S/c22-15(19-5-3-1-2-4-6-19)11-18-7-9-20(10-8-18)16(23)12-21-14-25-13-17(21)24/h1-14H2. The summed E-state index contributed by atoms with van der Waals surface area (Å²) >= 11 is 1.56. The molecule has 0 unspecified atom stereocenters. The van der Waals surface area contributed by atoms with Crippen molar-refractivity contribution in [3.05, 3.63) is 0 Å². The van der Waals surface area contributed by atoms with Gasteiger partial charge in [-0.25, -0.2) is 0 Å². The Morgan fingerprint density at radius 1 is 0.800 bits per heavy atom. The third kappa shape index (κ3) is 5.10. The Hall–Kier alpha value is -1.28. The summed E-state index contributed by atoms with van der Waals surface area (Å²) in [6.07, 6.45) is 4.67. The minimum Gasteiger partial charge on any atom is -0.342 e. The lowest BCUT2D eigenvalue weighted by Gasteiger charge is -2.36. The molecule has 3 heterocycles. The minimum absolute atomic E-state index is 0.0225. The second kappa shape index (κ2) is 8.89. The first kappa shape index (κ1) is 18.5. The van der Waals surface area contributed by atoms with Crippen molar-refractivity contribution in [1.29, 1.82) is 0 Å². The van der Waals surface area contributed by atoms with Gasteiger partial charge in [0.05, 0.1) is 18.2 Å².